The second-order valence-electron chi connectivity index (χ2n) is 3.97. The predicted molar refractivity (Wildman–Crippen MR) is 73.4 cm³/mol. The zero-order valence-corrected chi connectivity index (χ0v) is 11.1. The van der Waals surface area contributed by atoms with E-state index in [9.17, 15) is 0 Å². The van der Waals surface area contributed by atoms with Gasteiger partial charge in [-0.15, -0.1) is 11.8 Å². The Labute approximate surface area is 111 Å². The molecule has 4 heteroatoms. The summed E-state index contributed by atoms with van der Waals surface area (Å²) in [7, 11) is 0. The van der Waals surface area contributed by atoms with E-state index >= 15 is 0 Å². The van der Waals surface area contributed by atoms with Gasteiger partial charge in [0.1, 0.15) is 5.76 Å². The number of hydrogen-bond donors (Lipinski definition) is 1. The summed E-state index contributed by atoms with van der Waals surface area (Å²) in [4.78, 5) is 1.18. The molecule has 1 unspecified atom stereocenters. The quantitative estimate of drug-likeness (QED) is 0.851. The van der Waals surface area contributed by atoms with E-state index in [2.05, 4.69) is 6.08 Å². The van der Waals surface area contributed by atoms with Crippen LogP contribution in [0.25, 0.3) is 0 Å². The standard InChI is InChI=1S/C13H16ClNOS/c14-10-4-6-11(7-5-10)17-9-12(15)13-3-1-2-8-16-13/h3-7,12H,1-2,8-9,15H2. The predicted octanol–water partition coefficient (Wildman–Crippen LogP) is 3.45. The maximum atomic E-state index is 6.09. The van der Waals surface area contributed by atoms with Gasteiger partial charge >= 0.3 is 0 Å². The molecule has 2 nitrogen and oxygen atoms in total. The van der Waals surface area contributed by atoms with E-state index in [0.29, 0.717) is 0 Å². The summed E-state index contributed by atoms with van der Waals surface area (Å²) >= 11 is 7.56. The normalized spacial score (nSPS) is 17.2. The Morgan fingerprint density at radius 3 is 2.76 bits per heavy atom. The van der Waals surface area contributed by atoms with Gasteiger partial charge in [-0.05, 0) is 43.2 Å². The van der Waals surface area contributed by atoms with Gasteiger partial charge in [0, 0.05) is 15.7 Å². The maximum absolute atomic E-state index is 6.09. The van der Waals surface area contributed by atoms with Crippen LogP contribution in [0.3, 0.4) is 0 Å². The van der Waals surface area contributed by atoms with Crippen molar-refractivity contribution in [2.75, 3.05) is 12.4 Å². The molecule has 1 heterocycles. The van der Waals surface area contributed by atoms with Gasteiger partial charge in [0.25, 0.3) is 0 Å². The van der Waals surface area contributed by atoms with Crippen LogP contribution in [0.1, 0.15) is 12.8 Å². The van der Waals surface area contributed by atoms with Gasteiger partial charge in [0.05, 0.1) is 12.6 Å². The van der Waals surface area contributed by atoms with Crippen molar-refractivity contribution in [3.63, 3.8) is 0 Å². The summed E-state index contributed by atoms with van der Waals surface area (Å²) < 4.78 is 5.55. The second-order valence-corrected chi connectivity index (χ2v) is 5.50. The van der Waals surface area contributed by atoms with E-state index in [0.717, 1.165) is 36.0 Å². The SMILES string of the molecule is NC(CSc1ccc(Cl)cc1)C1=CCCCO1. The van der Waals surface area contributed by atoms with Gasteiger partial charge in [0.2, 0.25) is 0 Å². The minimum absolute atomic E-state index is 0.0176. The summed E-state index contributed by atoms with van der Waals surface area (Å²) in [6.45, 7) is 0.797. The fourth-order valence-corrected chi connectivity index (χ4v) is 2.62. The van der Waals surface area contributed by atoms with Crippen molar-refractivity contribution >= 4 is 23.4 Å². The molecule has 0 aliphatic carbocycles. The maximum Gasteiger partial charge on any atom is 0.110 e. The number of nitrogens with two attached hydrogens (primary N) is 1. The number of rotatable bonds is 4. The van der Waals surface area contributed by atoms with E-state index in [4.69, 9.17) is 22.1 Å². The van der Waals surface area contributed by atoms with Crippen LogP contribution in [0.5, 0.6) is 0 Å². The van der Waals surface area contributed by atoms with Crippen LogP contribution in [0, 0.1) is 0 Å². The Morgan fingerprint density at radius 2 is 2.12 bits per heavy atom. The third-order valence-electron chi connectivity index (χ3n) is 2.57. The van der Waals surface area contributed by atoms with E-state index < -0.39 is 0 Å². The Hall–Kier alpha value is -0.640. The zero-order valence-electron chi connectivity index (χ0n) is 9.56. The van der Waals surface area contributed by atoms with Crippen molar-refractivity contribution in [3.8, 4) is 0 Å². The van der Waals surface area contributed by atoms with Crippen molar-refractivity contribution in [1.82, 2.24) is 0 Å². The summed E-state index contributed by atoms with van der Waals surface area (Å²) in [5.41, 5.74) is 6.09. The average Bonchev–Trinajstić information content (AvgIpc) is 2.39. The summed E-state index contributed by atoms with van der Waals surface area (Å²) in [5, 5.41) is 0.761. The lowest BCUT2D eigenvalue weighted by molar-refractivity contribution is 0.179. The van der Waals surface area contributed by atoms with Gasteiger partial charge in [0.15, 0.2) is 0 Å². The largest absolute Gasteiger partial charge is 0.497 e. The topological polar surface area (TPSA) is 35.2 Å². The molecule has 2 N–H and O–H groups in total. The lowest BCUT2D eigenvalue weighted by Crippen LogP contribution is -2.28. The lowest BCUT2D eigenvalue weighted by Gasteiger charge is -2.20. The molecule has 17 heavy (non-hydrogen) atoms. The number of allylic oxidation sites excluding steroid dienone is 1. The minimum Gasteiger partial charge on any atom is -0.497 e. The number of halogens is 1. The zero-order chi connectivity index (χ0) is 12.1. The molecule has 92 valence electrons. The van der Waals surface area contributed by atoms with E-state index in [-0.39, 0.29) is 6.04 Å². The molecule has 0 amide bonds. The van der Waals surface area contributed by atoms with Gasteiger partial charge in [-0.25, -0.2) is 0 Å². The van der Waals surface area contributed by atoms with Crippen LogP contribution >= 0.6 is 23.4 Å². The van der Waals surface area contributed by atoms with Crippen LogP contribution in [-0.4, -0.2) is 18.4 Å². The highest BCUT2D eigenvalue weighted by molar-refractivity contribution is 7.99. The highest BCUT2D eigenvalue weighted by atomic mass is 35.5. The molecule has 0 saturated carbocycles. The first-order valence-corrected chi connectivity index (χ1v) is 7.09. The van der Waals surface area contributed by atoms with Gasteiger partial charge in [-0.1, -0.05) is 11.6 Å². The molecule has 0 fully saturated rings. The van der Waals surface area contributed by atoms with E-state index in [1.165, 1.54) is 4.90 Å². The third-order valence-corrected chi connectivity index (χ3v) is 3.95. The fraction of sp³-hybridized carbons (Fsp3) is 0.385. The smallest absolute Gasteiger partial charge is 0.110 e. The number of thioether (sulfide) groups is 1. The highest BCUT2D eigenvalue weighted by Gasteiger charge is 2.13. The minimum atomic E-state index is -0.0176. The number of benzene rings is 1. The third kappa shape index (κ3) is 3.95. The summed E-state index contributed by atoms with van der Waals surface area (Å²) in [5.74, 6) is 1.77. The molecule has 0 bridgehead atoms. The van der Waals surface area contributed by atoms with Crippen molar-refractivity contribution < 1.29 is 4.74 Å². The molecule has 0 aromatic heterocycles. The van der Waals surface area contributed by atoms with Gasteiger partial charge in [-0.3, -0.25) is 0 Å². The fourth-order valence-electron chi connectivity index (χ4n) is 1.63. The molecular weight excluding hydrogens is 254 g/mol. The molecule has 2 rings (SSSR count). The molecule has 0 saturated heterocycles. The monoisotopic (exact) mass is 269 g/mol. The highest BCUT2D eigenvalue weighted by Crippen LogP contribution is 2.23. The van der Waals surface area contributed by atoms with Crippen LogP contribution < -0.4 is 5.73 Å². The Bertz CT molecular complexity index is 391. The lowest BCUT2D eigenvalue weighted by atomic mass is 10.2. The Kier molecular flexibility index (Phi) is 4.77. The molecular formula is C13H16ClNOS. The van der Waals surface area contributed by atoms with Gasteiger partial charge < -0.3 is 10.5 Å². The summed E-state index contributed by atoms with van der Waals surface area (Å²) in [6.07, 6.45) is 4.28. The molecule has 1 aliphatic heterocycles. The molecule has 0 spiro atoms. The molecule has 1 aromatic rings. The van der Waals surface area contributed by atoms with Crippen molar-refractivity contribution in [1.29, 1.82) is 0 Å². The summed E-state index contributed by atoms with van der Waals surface area (Å²) in [6, 6.07) is 7.79. The second kappa shape index (κ2) is 6.34. The van der Waals surface area contributed by atoms with E-state index in [1.807, 2.05) is 24.3 Å². The molecule has 1 aliphatic rings. The molecule has 1 aromatic carbocycles. The first-order valence-electron chi connectivity index (χ1n) is 5.72. The number of hydrogen-bond acceptors (Lipinski definition) is 3. The molecule has 0 radical (unpaired) electrons. The first kappa shape index (κ1) is 12.8. The van der Waals surface area contributed by atoms with Crippen LogP contribution in [-0.2, 0) is 4.74 Å². The van der Waals surface area contributed by atoms with Crippen molar-refractivity contribution in [3.05, 3.63) is 41.1 Å². The first-order chi connectivity index (χ1) is 8.25. The van der Waals surface area contributed by atoms with E-state index in [1.54, 1.807) is 11.8 Å². The Balaban J connectivity index is 1.85. The number of ether oxygens (including phenoxy) is 1. The Morgan fingerprint density at radius 1 is 1.35 bits per heavy atom. The van der Waals surface area contributed by atoms with Crippen molar-refractivity contribution in [2.45, 2.75) is 23.8 Å². The van der Waals surface area contributed by atoms with Crippen LogP contribution in [0.15, 0.2) is 41.0 Å². The van der Waals surface area contributed by atoms with Crippen LogP contribution in [0.2, 0.25) is 5.02 Å². The van der Waals surface area contributed by atoms with Crippen LogP contribution in [0.4, 0.5) is 0 Å². The molecule has 1 atom stereocenters. The van der Waals surface area contributed by atoms with Gasteiger partial charge in [-0.2, -0.15) is 0 Å². The van der Waals surface area contributed by atoms with Crippen molar-refractivity contribution in [2.24, 2.45) is 5.73 Å². The average molecular weight is 270 g/mol.